The number of rotatable bonds is 5. The van der Waals surface area contributed by atoms with E-state index in [4.69, 9.17) is 9.26 Å². The van der Waals surface area contributed by atoms with Crippen LogP contribution in [0.1, 0.15) is 27.4 Å². The number of amides is 1. The fourth-order valence-corrected chi connectivity index (χ4v) is 2.40. The summed E-state index contributed by atoms with van der Waals surface area (Å²) in [6.07, 6.45) is 0. The van der Waals surface area contributed by atoms with Gasteiger partial charge in [-0.3, -0.25) is 4.79 Å². The maximum atomic E-state index is 13.2. The van der Waals surface area contributed by atoms with Crippen LogP contribution in [0.3, 0.4) is 0 Å². The highest BCUT2D eigenvalue weighted by atomic mass is 19.1. The van der Waals surface area contributed by atoms with Crippen LogP contribution >= 0.6 is 0 Å². The Morgan fingerprint density at radius 3 is 2.65 bits per heavy atom. The van der Waals surface area contributed by atoms with Crippen molar-refractivity contribution in [2.24, 2.45) is 0 Å². The van der Waals surface area contributed by atoms with Crippen LogP contribution in [-0.2, 0) is 6.61 Å². The van der Waals surface area contributed by atoms with E-state index >= 15 is 0 Å². The van der Waals surface area contributed by atoms with Crippen molar-refractivity contribution in [1.82, 2.24) is 5.16 Å². The van der Waals surface area contributed by atoms with Gasteiger partial charge in [-0.25, -0.2) is 8.78 Å². The number of nitrogens with zero attached hydrogens (tertiary/aromatic N) is 1. The Labute approximate surface area is 148 Å². The number of hydrogen-bond donors (Lipinski definition) is 1. The molecule has 0 aliphatic rings. The van der Waals surface area contributed by atoms with Crippen LogP contribution in [0.2, 0.25) is 0 Å². The lowest BCUT2D eigenvalue weighted by Gasteiger charge is -2.09. The number of carbonyl (C=O) groups excluding carboxylic acids is 1. The van der Waals surface area contributed by atoms with Gasteiger partial charge in [0.2, 0.25) is 0 Å². The second kappa shape index (κ2) is 7.35. The fourth-order valence-electron chi connectivity index (χ4n) is 2.40. The first kappa shape index (κ1) is 17.6. The summed E-state index contributed by atoms with van der Waals surface area (Å²) in [6.45, 7) is 3.32. The molecular formula is C19H16F2N2O3. The van der Waals surface area contributed by atoms with Crippen LogP contribution in [-0.4, -0.2) is 11.1 Å². The molecule has 7 heteroatoms. The first-order valence-corrected chi connectivity index (χ1v) is 7.85. The standard InChI is InChI=1S/C19H16F2N2O3/c1-11-8-14(21)6-7-17(11)22-19(24)18-16(12(2)26-23-18)10-25-15-5-3-4-13(20)9-15/h3-9H,10H2,1-2H3,(H,22,24). The van der Waals surface area contributed by atoms with Crippen molar-refractivity contribution in [2.75, 3.05) is 5.32 Å². The molecule has 0 atom stereocenters. The fraction of sp³-hybridized carbons (Fsp3) is 0.158. The predicted octanol–water partition coefficient (Wildman–Crippen LogP) is 4.40. The molecule has 3 rings (SSSR count). The van der Waals surface area contributed by atoms with Crippen molar-refractivity contribution >= 4 is 11.6 Å². The molecule has 0 unspecified atom stereocenters. The number of anilines is 1. The Morgan fingerprint density at radius 1 is 1.15 bits per heavy atom. The molecule has 1 amide bonds. The molecule has 5 nitrogen and oxygen atoms in total. The van der Waals surface area contributed by atoms with Gasteiger partial charge in [0, 0.05) is 11.8 Å². The number of ether oxygens (including phenoxy) is 1. The summed E-state index contributed by atoms with van der Waals surface area (Å²) >= 11 is 0. The minimum atomic E-state index is -0.505. The molecule has 0 saturated carbocycles. The lowest BCUT2D eigenvalue weighted by atomic mass is 10.1. The van der Waals surface area contributed by atoms with Crippen molar-refractivity contribution in [3.8, 4) is 5.75 Å². The summed E-state index contributed by atoms with van der Waals surface area (Å²) in [7, 11) is 0. The smallest absolute Gasteiger partial charge is 0.278 e. The lowest BCUT2D eigenvalue weighted by Crippen LogP contribution is -2.16. The summed E-state index contributed by atoms with van der Waals surface area (Å²) in [5.74, 6) is -0.570. The summed E-state index contributed by atoms with van der Waals surface area (Å²) in [5.41, 5.74) is 1.55. The number of aryl methyl sites for hydroxylation is 2. The number of carbonyl (C=O) groups is 1. The van der Waals surface area contributed by atoms with Crippen LogP contribution in [0.5, 0.6) is 5.75 Å². The van der Waals surface area contributed by atoms with E-state index in [9.17, 15) is 13.6 Å². The van der Waals surface area contributed by atoms with Gasteiger partial charge in [0.15, 0.2) is 5.69 Å². The van der Waals surface area contributed by atoms with Gasteiger partial charge in [0.1, 0.15) is 29.8 Å². The van der Waals surface area contributed by atoms with Crippen LogP contribution in [0.25, 0.3) is 0 Å². The zero-order valence-corrected chi connectivity index (χ0v) is 14.2. The number of aromatic nitrogens is 1. The average Bonchev–Trinajstić information content (AvgIpc) is 2.96. The van der Waals surface area contributed by atoms with Gasteiger partial charge in [-0.15, -0.1) is 0 Å². The normalized spacial score (nSPS) is 10.6. The van der Waals surface area contributed by atoms with E-state index < -0.39 is 11.7 Å². The Kier molecular flexibility index (Phi) is 4.97. The third-order valence-electron chi connectivity index (χ3n) is 3.82. The zero-order valence-electron chi connectivity index (χ0n) is 14.2. The van der Waals surface area contributed by atoms with Crippen molar-refractivity contribution in [2.45, 2.75) is 20.5 Å². The van der Waals surface area contributed by atoms with E-state index in [0.717, 1.165) is 0 Å². The molecule has 2 aromatic carbocycles. The highest BCUT2D eigenvalue weighted by molar-refractivity contribution is 6.04. The molecule has 0 fully saturated rings. The monoisotopic (exact) mass is 358 g/mol. The van der Waals surface area contributed by atoms with E-state index in [1.54, 1.807) is 19.9 Å². The third kappa shape index (κ3) is 3.88. The molecule has 26 heavy (non-hydrogen) atoms. The Hall–Kier alpha value is -3.22. The van der Waals surface area contributed by atoms with Crippen molar-refractivity contribution in [3.05, 3.63) is 76.7 Å². The zero-order chi connectivity index (χ0) is 18.7. The molecule has 1 N–H and O–H groups in total. The molecule has 0 aliphatic heterocycles. The number of benzene rings is 2. The molecule has 134 valence electrons. The van der Waals surface area contributed by atoms with Gasteiger partial charge in [-0.05, 0) is 49.7 Å². The number of nitrogens with one attached hydrogen (secondary N) is 1. The number of hydrogen-bond acceptors (Lipinski definition) is 4. The molecule has 0 saturated heterocycles. The van der Waals surface area contributed by atoms with E-state index in [2.05, 4.69) is 10.5 Å². The first-order valence-electron chi connectivity index (χ1n) is 7.85. The Bertz CT molecular complexity index is 954. The van der Waals surface area contributed by atoms with Gasteiger partial charge < -0.3 is 14.6 Å². The average molecular weight is 358 g/mol. The lowest BCUT2D eigenvalue weighted by molar-refractivity contribution is 0.101. The van der Waals surface area contributed by atoms with E-state index in [0.29, 0.717) is 28.3 Å². The molecular weight excluding hydrogens is 342 g/mol. The Morgan fingerprint density at radius 2 is 1.92 bits per heavy atom. The largest absolute Gasteiger partial charge is 0.489 e. The van der Waals surface area contributed by atoms with Gasteiger partial charge in [0.25, 0.3) is 5.91 Å². The third-order valence-corrected chi connectivity index (χ3v) is 3.82. The minimum Gasteiger partial charge on any atom is -0.489 e. The number of halogens is 2. The second-order valence-corrected chi connectivity index (χ2v) is 5.73. The second-order valence-electron chi connectivity index (χ2n) is 5.73. The van der Waals surface area contributed by atoms with Crippen molar-refractivity contribution < 1.29 is 22.8 Å². The van der Waals surface area contributed by atoms with Gasteiger partial charge in [-0.1, -0.05) is 11.2 Å². The van der Waals surface area contributed by atoms with E-state index in [1.807, 2.05) is 0 Å². The van der Waals surface area contributed by atoms with Crippen molar-refractivity contribution in [1.29, 1.82) is 0 Å². The topological polar surface area (TPSA) is 64.4 Å². The molecule has 0 radical (unpaired) electrons. The molecule has 0 bridgehead atoms. The first-order chi connectivity index (χ1) is 12.4. The highest BCUT2D eigenvalue weighted by Crippen LogP contribution is 2.21. The van der Waals surface area contributed by atoms with Crippen LogP contribution < -0.4 is 10.1 Å². The SMILES string of the molecule is Cc1cc(F)ccc1NC(=O)c1noc(C)c1COc1cccc(F)c1. The summed E-state index contributed by atoms with van der Waals surface area (Å²) in [5, 5.41) is 6.44. The maximum Gasteiger partial charge on any atom is 0.278 e. The molecule has 0 spiro atoms. The van der Waals surface area contributed by atoms with Crippen LogP contribution in [0.15, 0.2) is 47.0 Å². The molecule has 1 aromatic heterocycles. The van der Waals surface area contributed by atoms with E-state index in [1.165, 1.54) is 36.4 Å². The Balaban J connectivity index is 1.77. The molecule has 0 aliphatic carbocycles. The highest BCUT2D eigenvalue weighted by Gasteiger charge is 2.21. The predicted molar refractivity (Wildman–Crippen MR) is 91.1 cm³/mol. The quantitative estimate of drug-likeness (QED) is 0.734. The summed E-state index contributed by atoms with van der Waals surface area (Å²) in [4.78, 5) is 12.5. The van der Waals surface area contributed by atoms with Gasteiger partial charge in [0.05, 0.1) is 5.56 Å². The van der Waals surface area contributed by atoms with Crippen molar-refractivity contribution in [3.63, 3.8) is 0 Å². The van der Waals surface area contributed by atoms with Crippen LogP contribution in [0.4, 0.5) is 14.5 Å². The van der Waals surface area contributed by atoms with Crippen LogP contribution in [0, 0.1) is 25.5 Å². The molecule has 1 heterocycles. The summed E-state index contributed by atoms with van der Waals surface area (Å²) < 4.78 is 37.0. The summed E-state index contributed by atoms with van der Waals surface area (Å²) in [6, 6.07) is 9.72. The van der Waals surface area contributed by atoms with Gasteiger partial charge >= 0.3 is 0 Å². The maximum absolute atomic E-state index is 13.2. The van der Waals surface area contributed by atoms with E-state index in [-0.39, 0.29) is 18.1 Å². The van der Waals surface area contributed by atoms with Gasteiger partial charge in [-0.2, -0.15) is 0 Å². The molecule has 3 aromatic rings. The minimum absolute atomic E-state index is 0.00998.